The Hall–Kier alpha value is -1.36. The van der Waals surface area contributed by atoms with Crippen LogP contribution in [0.1, 0.15) is 53.9 Å². The third-order valence-corrected chi connectivity index (χ3v) is 6.71. The number of carbonyl (C=O) groups excluding carboxylic acids is 2. The van der Waals surface area contributed by atoms with E-state index in [1.807, 2.05) is 34.6 Å². The van der Waals surface area contributed by atoms with Gasteiger partial charge in [0.25, 0.3) is 0 Å². The molecule has 3 aliphatic rings. The Labute approximate surface area is 149 Å². The number of allylic oxidation sites excluding steroid dienone is 1. The van der Waals surface area contributed by atoms with Crippen LogP contribution in [0.25, 0.3) is 0 Å². The number of aliphatic hydroxyl groups is 1. The third-order valence-electron chi connectivity index (χ3n) is 6.71. The first-order chi connectivity index (χ1) is 11.7. The van der Waals surface area contributed by atoms with Gasteiger partial charge in [-0.1, -0.05) is 32.4 Å². The lowest BCUT2D eigenvalue weighted by atomic mass is 9.76. The molecular formula is C20H30O5. The Kier molecular flexibility index (Phi) is 4.73. The van der Waals surface area contributed by atoms with E-state index in [4.69, 9.17) is 9.47 Å². The van der Waals surface area contributed by atoms with Crippen molar-refractivity contribution in [3.8, 4) is 0 Å². The quantitative estimate of drug-likeness (QED) is 0.626. The molecule has 2 unspecified atom stereocenters. The van der Waals surface area contributed by atoms with Crippen LogP contribution in [-0.4, -0.2) is 34.9 Å². The summed E-state index contributed by atoms with van der Waals surface area (Å²) in [6.07, 6.45) is 3.14. The Morgan fingerprint density at radius 1 is 1.52 bits per heavy atom. The molecule has 1 saturated heterocycles. The van der Waals surface area contributed by atoms with Crippen LogP contribution < -0.4 is 0 Å². The van der Waals surface area contributed by atoms with E-state index in [0.717, 1.165) is 12.0 Å². The van der Waals surface area contributed by atoms with Crippen molar-refractivity contribution < 1.29 is 24.2 Å². The maximum absolute atomic E-state index is 12.4. The van der Waals surface area contributed by atoms with Crippen LogP contribution in [0.4, 0.5) is 0 Å². The molecule has 3 rings (SSSR count). The van der Waals surface area contributed by atoms with Crippen molar-refractivity contribution >= 4 is 11.9 Å². The van der Waals surface area contributed by atoms with Gasteiger partial charge in [-0.05, 0) is 26.7 Å². The van der Waals surface area contributed by atoms with E-state index < -0.39 is 11.7 Å². The zero-order chi connectivity index (χ0) is 18.5. The first kappa shape index (κ1) is 18.4. The number of rotatable bonds is 3. The molecule has 5 nitrogen and oxygen atoms in total. The summed E-state index contributed by atoms with van der Waals surface area (Å²) in [6, 6.07) is 0. The second kappa shape index (κ2) is 6.42. The molecule has 0 spiro atoms. The molecule has 0 aromatic rings. The lowest BCUT2D eigenvalue weighted by Gasteiger charge is -2.34. The zero-order valence-electron chi connectivity index (χ0n) is 15.8. The second-order valence-electron chi connectivity index (χ2n) is 8.43. The van der Waals surface area contributed by atoms with Gasteiger partial charge in [0.1, 0.15) is 12.2 Å². The number of fused-ring (bicyclic) bond motifs is 3. The smallest absolute Gasteiger partial charge is 0.309 e. The molecule has 0 amide bonds. The minimum atomic E-state index is -0.963. The van der Waals surface area contributed by atoms with Gasteiger partial charge in [-0.15, -0.1) is 0 Å². The Morgan fingerprint density at radius 2 is 2.20 bits per heavy atom. The summed E-state index contributed by atoms with van der Waals surface area (Å²) in [4.78, 5) is 24.7. The van der Waals surface area contributed by atoms with Gasteiger partial charge in [0.2, 0.25) is 0 Å². The van der Waals surface area contributed by atoms with Crippen molar-refractivity contribution in [2.45, 2.75) is 71.7 Å². The summed E-state index contributed by atoms with van der Waals surface area (Å²) < 4.78 is 11.6. The normalized spacial score (nSPS) is 44.2. The highest BCUT2D eigenvalue weighted by atomic mass is 16.6. The summed E-state index contributed by atoms with van der Waals surface area (Å²) in [5.74, 6) is -1.22. The zero-order valence-corrected chi connectivity index (χ0v) is 15.8. The third kappa shape index (κ3) is 3.01. The number of esters is 2. The Bertz CT molecular complexity index is 593. The van der Waals surface area contributed by atoms with E-state index in [9.17, 15) is 14.7 Å². The molecule has 8 atom stereocenters. The van der Waals surface area contributed by atoms with Crippen LogP contribution in [0, 0.1) is 29.6 Å². The molecule has 5 heteroatoms. The topological polar surface area (TPSA) is 72.8 Å². The van der Waals surface area contributed by atoms with E-state index in [1.165, 1.54) is 0 Å². The van der Waals surface area contributed by atoms with Crippen LogP contribution in [0.5, 0.6) is 0 Å². The molecule has 140 valence electrons. The molecule has 0 aromatic heterocycles. The predicted molar refractivity (Wildman–Crippen MR) is 92.5 cm³/mol. The number of hydrogen-bond donors (Lipinski definition) is 1. The van der Waals surface area contributed by atoms with Crippen LogP contribution in [0.15, 0.2) is 11.6 Å². The summed E-state index contributed by atoms with van der Waals surface area (Å²) in [7, 11) is 0. The van der Waals surface area contributed by atoms with Crippen molar-refractivity contribution in [3.63, 3.8) is 0 Å². The molecule has 1 N–H and O–H groups in total. The van der Waals surface area contributed by atoms with Gasteiger partial charge >= 0.3 is 11.9 Å². The Morgan fingerprint density at radius 3 is 2.84 bits per heavy atom. The summed E-state index contributed by atoms with van der Waals surface area (Å²) in [6.45, 7) is 9.51. The van der Waals surface area contributed by atoms with Gasteiger partial charge in [-0.25, -0.2) is 0 Å². The molecule has 0 radical (unpaired) electrons. The average Bonchev–Trinajstić information content (AvgIpc) is 3.03. The minimum absolute atomic E-state index is 0.00111. The van der Waals surface area contributed by atoms with Crippen molar-refractivity contribution in [1.29, 1.82) is 0 Å². The molecule has 1 heterocycles. The lowest BCUT2D eigenvalue weighted by molar-refractivity contribution is -0.161. The van der Waals surface area contributed by atoms with Crippen LogP contribution >= 0.6 is 0 Å². The van der Waals surface area contributed by atoms with E-state index >= 15 is 0 Å². The van der Waals surface area contributed by atoms with E-state index in [2.05, 4.69) is 6.08 Å². The van der Waals surface area contributed by atoms with Crippen LogP contribution in [-0.2, 0) is 19.1 Å². The lowest BCUT2D eigenvalue weighted by Crippen LogP contribution is -2.41. The van der Waals surface area contributed by atoms with E-state index in [1.54, 1.807) is 0 Å². The fourth-order valence-electron chi connectivity index (χ4n) is 4.90. The van der Waals surface area contributed by atoms with Gasteiger partial charge in [-0.2, -0.15) is 0 Å². The van der Waals surface area contributed by atoms with Gasteiger partial charge in [-0.3, -0.25) is 9.59 Å². The van der Waals surface area contributed by atoms with Crippen molar-refractivity contribution in [1.82, 2.24) is 0 Å². The highest BCUT2D eigenvalue weighted by Crippen LogP contribution is 2.53. The summed E-state index contributed by atoms with van der Waals surface area (Å²) in [5.41, 5.74) is 0.201. The molecule has 2 fully saturated rings. The van der Waals surface area contributed by atoms with Gasteiger partial charge in [0, 0.05) is 24.2 Å². The minimum Gasteiger partial charge on any atom is -0.462 e. The molecule has 1 aliphatic heterocycles. The van der Waals surface area contributed by atoms with Gasteiger partial charge < -0.3 is 14.6 Å². The number of hydrogen-bond acceptors (Lipinski definition) is 5. The maximum Gasteiger partial charge on any atom is 0.309 e. The largest absolute Gasteiger partial charge is 0.462 e. The monoisotopic (exact) mass is 350 g/mol. The number of ether oxygens (including phenoxy) is 2. The summed E-state index contributed by atoms with van der Waals surface area (Å²) >= 11 is 0. The average molecular weight is 350 g/mol. The van der Waals surface area contributed by atoms with Gasteiger partial charge in [0.15, 0.2) is 0 Å². The molecular weight excluding hydrogens is 320 g/mol. The predicted octanol–water partition coefficient (Wildman–Crippen LogP) is 2.86. The molecule has 0 aromatic carbocycles. The van der Waals surface area contributed by atoms with Gasteiger partial charge in [0.05, 0.1) is 17.4 Å². The highest BCUT2D eigenvalue weighted by molar-refractivity contribution is 5.76. The van der Waals surface area contributed by atoms with Crippen molar-refractivity contribution in [3.05, 3.63) is 11.6 Å². The van der Waals surface area contributed by atoms with Crippen LogP contribution in [0.2, 0.25) is 0 Å². The molecule has 1 saturated carbocycles. The fourth-order valence-corrected chi connectivity index (χ4v) is 4.90. The Balaban J connectivity index is 1.96. The molecule has 25 heavy (non-hydrogen) atoms. The molecule has 2 aliphatic carbocycles. The molecule has 0 bridgehead atoms. The van der Waals surface area contributed by atoms with Crippen molar-refractivity contribution in [2.75, 3.05) is 0 Å². The van der Waals surface area contributed by atoms with E-state index in [0.29, 0.717) is 12.8 Å². The maximum atomic E-state index is 12.4. The first-order valence-electron chi connectivity index (χ1n) is 9.47. The standard InChI is InChI=1S/C20H30O5/c1-6-10(2)18(21)24-14-9-20(5,23)13-8-7-11(3)15(13)17-16(14)12(4)19(22)25-17/h7,10,12-17,23H,6,8-9H2,1-5H3/t10?,12?,13-,14-,15+,16+,17-,20-/m1/s1. The summed E-state index contributed by atoms with van der Waals surface area (Å²) in [5, 5.41) is 11.2. The SMILES string of the molecule is CCC(C)C(=O)O[C@@H]1C[C@@](C)(O)[C@@H]2CC=C(C)[C@@H]2[C@H]2OC(=O)C(C)[C@H]21. The highest BCUT2D eigenvalue weighted by Gasteiger charge is 2.59. The number of carbonyl (C=O) groups is 2. The van der Waals surface area contributed by atoms with Crippen LogP contribution in [0.3, 0.4) is 0 Å². The van der Waals surface area contributed by atoms with E-state index in [-0.39, 0.29) is 47.6 Å². The van der Waals surface area contributed by atoms with Crippen molar-refractivity contribution in [2.24, 2.45) is 29.6 Å². The fraction of sp³-hybridized carbons (Fsp3) is 0.800. The first-order valence-corrected chi connectivity index (χ1v) is 9.47. The second-order valence-corrected chi connectivity index (χ2v) is 8.43.